The lowest BCUT2D eigenvalue weighted by molar-refractivity contribution is 0.387. The molecule has 0 fully saturated rings. The summed E-state index contributed by atoms with van der Waals surface area (Å²) in [4.78, 5) is 7.84. The maximum Gasteiger partial charge on any atom is 0.159 e. The average Bonchev–Trinajstić information content (AvgIpc) is 2.34. The summed E-state index contributed by atoms with van der Waals surface area (Å²) in [5.74, 6) is 0. The summed E-state index contributed by atoms with van der Waals surface area (Å²) in [5.41, 5.74) is 0.724. The van der Waals surface area contributed by atoms with Crippen LogP contribution < -0.4 is 0 Å². The second kappa shape index (κ2) is 2.17. The van der Waals surface area contributed by atoms with Crippen LogP contribution in [0.15, 0.2) is 18.6 Å². The van der Waals surface area contributed by atoms with Gasteiger partial charge in [-0.15, -0.1) is 0 Å². The van der Waals surface area contributed by atoms with Gasteiger partial charge in [-0.3, -0.25) is 0 Å². The molecule has 0 aliphatic rings. The summed E-state index contributed by atoms with van der Waals surface area (Å²) >= 11 is 5.59. The van der Waals surface area contributed by atoms with Crippen LogP contribution in [0.4, 0.5) is 4.48 Å². The van der Waals surface area contributed by atoms with Crippen LogP contribution in [-0.4, -0.2) is 14.8 Å². The van der Waals surface area contributed by atoms with Crippen LogP contribution in [-0.2, 0) is 0 Å². The lowest BCUT2D eigenvalue weighted by Gasteiger charge is -1.91. The Balaban J connectivity index is 2.96. The lowest BCUT2D eigenvalue weighted by Crippen LogP contribution is -1.84. The molecule has 0 aliphatic carbocycles. The minimum absolute atomic E-state index is 0.127. The van der Waals surface area contributed by atoms with E-state index in [4.69, 9.17) is 11.6 Å². The standard InChI is InChI=1S/C6H3ClFN3/c7-6-5-4(9-3-10-6)1-2-11(5)8/h1-3H. The largest absolute Gasteiger partial charge is 0.234 e. The third kappa shape index (κ3) is 0.867. The highest BCUT2D eigenvalue weighted by Crippen LogP contribution is 2.19. The Morgan fingerprint density at radius 1 is 1.45 bits per heavy atom. The molecule has 0 unspecified atom stereocenters. The van der Waals surface area contributed by atoms with Gasteiger partial charge in [-0.25, -0.2) is 9.97 Å². The molecule has 0 saturated heterocycles. The van der Waals surface area contributed by atoms with Crippen LogP contribution >= 0.6 is 11.6 Å². The molecule has 0 amide bonds. The van der Waals surface area contributed by atoms with E-state index in [9.17, 15) is 4.48 Å². The third-order valence-corrected chi connectivity index (χ3v) is 1.66. The minimum Gasteiger partial charge on any atom is -0.234 e. The number of halogens is 2. The van der Waals surface area contributed by atoms with Gasteiger partial charge in [0.2, 0.25) is 0 Å². The van der Waals surface area contributed by atoms with Crippen molar-refractivity contribution in [2.75, 3.05) is 0 Å². The van der Waals surface area contributed by atoms with Crippen molar-refractivity contribution in [1.29, 1.82) is 0 Å². The quantitative estimate of drug-likeness (QED) is 0.566. The highest BCUT2D eigenvalue weighted by atomic mass is 35.5. The summed E-state index contributed by atoms with van der Waals surface area (Å²) in [7, 11) is 0. The van der Waals surface area contributed by atoms with Crippen molar-refractivity contribution in [3.05, 3.63) is 23.7 Å². The van der Waals surface area contributed by atoms with E-state index in [0.29, 0.717) is 10.3 Å². The molecule has 3 nitrogen and oxygen atoms in total. The van der Waals surface area contributed by atoms with E-state index < -0.39 is 0 Å². The molecule has 0 spiro atoms. The fraction of sp³-hybridized carbons (Fsp3) is 0. The highest BCUT2D eigenvalue weighted by Gasteiger charge is 2.05. The van der Waals surface area contributed by atoms with Gasteiger partial charge in [-0.05, 0) is 6.07 Å². The number of aromatic nitrogens is 3. The lowest BCUT2D eigenvalue weighted by atomic mass is 10.5. The normalized spacial score (nSPS) is 10.7. The first-order valence-corrected chi connectivity index (χ1v) is 3.30. The van der Waals surface area contributed by atoms with Crippen molar-refractivity contribution in [3.63, 3.8) is 0 Å². The van der Waals surface area contributed by atoms with E-state index in [2.05, 4.69) is 9.97 Å². The number of fused-ring (bicyclic) bond motifs is 1. The molecule has 2 heterocycles. The Morgan fingerprint density at radius 2 is 2.27 bits per heavy atom. The van der Waals surface area contributed by atoms with Gasteiger partial charge in [0.15, 0.2) is 5.15 Å². The molecule has 56 valence electrons. The monoisotopic (exact) mass is 171 g/mol. The Hall–Kier alpha value is -1.16. The van der Waals surface area contributed by atoms with Gasteiger partial charge in [0.05, 0.1) is 5.52 Å². The molecular formula is C6H3ClFN3. The minimum atomic E-state index is 0.127. The van der Waals surface area contributed by atoms with Crippen molar-refractivity contribution in [1.82, 2.24) is 14.8 Å². The van der Waals surface area contributed by atoms with Crippen molar-refractivity contribution in [2.45, 2.75) is 0 Å². The molecule has 0 radical (unpaired) electrons. The zero-order chi connectivity index (χ0) is 7.84. The van der Waals surface area contributed by atoms with Crippen LogP contribution in [0.5, 0.6) is 0 Å². The SMILES string of the molecule is Fn1ccc2ncnc(Cl)c21. The van der Waals surface area contributed by atoms with Gasteiger partial charge < -0.3 is 0 Å². The van der Waals surface area contributed by atoms with Gasteiger partial charge in [0.1, 0.15) is 11.8 Å². The number of nitrogens with zero attached hydrogens (tertiary/aromatic N) is 3. The van der Waals surface area contributed by atoms with Gasteiger partial charge >= 0.3 is 0 Å². The van der Waals surface area contributed by atoms with Gasteiger partial charge in [-0.1, -0.05) is 16.1 Å². The van der Waals surface area contributed by atoms with Crippen molar-refractivity contribution < 1.29 is 4.48 Å². The van der Waals surface area contributed by atoms with Crippen molar-refractivity contribution in [2.24, 2.45) is 0 Å². The first-order chi connectivity index (χ1) is 5.29. The van der Waals surface area contributed by atoms with Crippen molar-refractivity contribution in [3.8, 4) is 0 Å². The topological polar surface area (TPSA) is 30.7 Å². The van der Waals surface area contributed by atoms with Crippen LogP contribution in [0.1, 0.15) is 0 Å². The predicted molar refractivity (Wildman–Crippen MR) is 39.0 cm³/mol. The molecule has 2 aromatic heterocycles. The molecule has 2 rings (SSSR count). The van der Waals surface area contributed by atoms with Gasteiger partial charge in [0.25, 0.3) is 0 Å². The number of hydrogen-bond donors (Lipinski definition) is 0. The third-order valence-electron chi connectivity index (χ3n) is 1.38. The fourth-order valence-electron chi connectivity index (χ4n) is 0.900. The molecular weight excluding hydrogens is 169 g/mol. The van der Waals surface area contributed by atoms with E-state index in [1.54, 1.807) is 0 Å². The molecule has 0 atom stereocenters. The summed E-state index contributed by atoms with van der Waals surface area (Å²) in [5, 5.41) is 0.127. The molecule has 0 aliphatic heterocycles. The van der Waals surface area contributed by atoms with E-state index in [1.165, 1.54) is 18.6 Å². The Morgan fingerprint density at radius 3 is 3.00 bits per heavy atom. The molecule has 0 bridgehead atoms. The zero-order valence-electron chi connectivity index (χ0n) is 5.33. The highest BCUT2D eigenvalue weighted by molar-refractivity contribution is 6.33. The summed E-state index contributed by atoms with van der Waals surface area (Å²) in [6.07, 6.45) is 2.54. The fourth-order valence-corrected chi connectivity index (χ4v) is 1.12. The molecule has 0 aromatic carbocycles. The molecule has 2 aromatic rings. The Bertz CT molecular complexity index is 398. The van der Waals surface area contributed by atoms with Crippen LogP contribution in [0.2, 0.25) is 5.15 Å². The van der Waals surface area contributed by atoms with Gasteiger partial charge in [-0.2, -0.15) is 4.79 Å². The number of hydrogen-bond acceptors (Lipinski definition) is 2. The van der Waals surface area contributed by atoms with E-state index in [1.807, 2.05) is 0 Å². The van der Waals surface area contributed by atoms with E-state index in [-0.39, 0.29) is 10.7 Å². The molecule has 5 heteroatoms. The molecule has 0 N–H and O–H groups in total. The summed E-state index contributed by atoms with van der Waals surface area (Å²) < 4.78 is 12.8. The van der Waals surface area contributed by atoms with Crippen molar-refractivity contribution >= 4 is 22.6 Å². The zero-order valence-corrected chi connectivity index (χ0v) is 6.09. The Labute approximate surface area is 66.4 Å². The van der Waals surface area contributed by atoms with E-state index in [0.717, 1.165) is 0 Å². The predicted octanol–water partition coefficient (Wildman–Crippen LogP) is 1.82. The first kappa shape index (κ1) is 6.54. The van der Waals surface area contributed by atoms with Crippen LogP contribution in [0.3, 0.4) is 0 Å². The average molecular weight is 172 g/mol. The smallest absolute Gasteiger partial charge is 0.159 e. The second-order valence-electron chi connectivity index (χ2n) is 2.03. The Kier molecular flexibility index (Phi) is 1.29. The first-order valence-electron chi connectivity index (χ1n) is 2.93. The van der Waals surface area contributed by atoms with Gasteiger partial charge in [0, 0.05) is 6.20 Å². The molecule has 11 heavy (non-hydrogen) atoms. The summed E-state index contributed by atoms with van der Waals surface area (Å²) in [6.45, 7) is 0. The van der Waals surface area contributed by atoms with Crippen LogP contribution in [0, 0.1) is 0 Å². The summed E-state index contributed by atoms with van der Waals surface area (Å²) in [6, 6.07) is 1.53. The maximum atomic E-state index is 12.8. The molecule has 0 saturated carbocycles. The van der Waals surface area contributed by atoms with Crippen LogP contribution in [0.25, 0.3) is 11.0 Å². The second-order valence-corrected chi connectivity index (χ2v) is 2.38. The number of rotatable bonds is 0. The maximum absolute atomic E-state index is 12.8. The van der Waals surface area contributed by atoms with E-state index >= 15 is 0 Å².